The number of carbonyl (C=O) groups excluding carboxylic acids is 2. The van der Waals surface area contributed by atoms with Crippen LogP contribution in [0.4, 0.5) is 13.2 Å². The van der Waals surface area contributed by atoms with E-state index in [9.17, 15) is 31.2 Å². The van der Waals surface area contributed by atoms with E-state index in [2.05, 4.69) is 4.18 Å². The summed E-state index contributed by atoms with van der Waals surface area (Å²) in [7, 11) is -6.09. The van der Waals surface area contributed by atoms with Gasteiger partial charge in [-0.15, -0.1) is 11.8 Å². The van der Waals surface area contributed by atoms with Gasteiger partial charge in [-0.05, 0) is 11.1 Å². The predicted molar refractivity (Wildman–Crippen MR) is 115 cm³/mol. The van der Waals surface area contributed by atoms with Crippen molar-refractivity contribution in [3.05, 3.63) is 83.2 Å². The molecule has 4 rings (SSSR count). The number of hydrogen-bond donors (Lipinski definition) is 1. The first-order valence-corrected chi connectivity index (χ1v) is 12.2. The number of thioether (sulfide) groups is 1. The summed E-state index contributed by atoms with van der Waals surface area (Å²) in [6, 6.07) is 16.0. The Hall–Kier alpha value is -3.03. The van der Waals surface area contributed by atoms with Crippen LogP contribution < -0.4 is 5.73 Å². The van der Waals surface area contributed by atoms with Crippen LogP contribution in [0.25, 0.3) is 0 Å². The van der Waals surface area contributed by atoms with Crippen molar-refractivity contribution >= 4 is 33.8 Å². The molecule has 2 aliphatic heterocycles. The van der Waals surface area contributed by atoms with Crippen molar-refractivity contribution in [1.82, 2.24) is 4.90 Å². The van der Waals surface area contributed by atoms with Gasteiger partial charge in [0.25, 0.3) is 0 Å². The molecule has 1 amide bonds. The third kappa shape index (κ3) is 4.38. The summed E-state index contributed by atoms with van der Waals surface area (Å²) < 4.78 is 72.0. The summed E-state index contributed by atoms with van der Waals surface area (Å²) in [6.07, 6.45) is -0.999. The molecular formula is C21H17F3N2O6S2. The molecule has 8 nitrogen and oxygen atoms in total. The molecule has 0 radical (unpaired) electrons. The van der Waals surface area contributed by atoms with Crippen LogP contribution in [0, 0.1) is 0 Å². The van der Waals surface area contributed by atoms with Crippen LogP contribution in [-0.4, -0.2) is 47.9 Å². The number of rotatable bonds is 6. The number of halogens is 3. The van der Waals surface area contributed by atoms with E-state index in [1.807, 2.05) is 0 Å². The van der Waals surface area contributed by atoms with Crippen LogP contribution >= 0.6 is 11.8 Å². The number of nitrogens with two attached hydrogens (primary N) is 1. The van der Waals surface area contributed by atoms with Gasteiger partial charge in [0.1, 0.15) is 11.4 Å². The summed E-state index contributed by atoms with van der Waals surface area (Å²) in [6.45, 7) is 0. The van der Waals surface area contributed by atoms with E-state index in [-0.39, 0.29) is 0 Å². The van der Waals surface area contributed by atoms with Crippen LogP contribution in [0.2, 0.25) is 0 Å². The number of benzene rings is 2. The fourth-order valence-electron chi connectivity index (χ4n) is 3.47. The summed E-state index contributed by atoms with van der Waals surface area (Å²) >= 11 is 0.875. The fraction of sp³-hybridized carbons (Fsp3) is 0.238. The van der Waals surface area contributed by atoms with E-state index in [0.717, 1.165) is 16.7 Å². The van der Waals surface area contributed by atoms with Gasteiger partial charge in [0.15, 0.2) is 17.6 Å². The minimum absolute atomic E-state index is 0.441. The van der Waals surface area contributed by atoms with Crippen molar-refractivity contribution in [3.63, 3.8) is 0 Å². The van der Waals surface area contributed by atoms with Gasteiger partial charge in [-0.3, -0.25) is 9.69 Å². The lowest BCUT2D eigenvalue weighted by Gasteiger charge is -2.47. The molecule has 2 aromatic carbocycles. The second-order valence-corrected chi connectivity index (χ2v) is 9.94. The quantitative estimate of drug-likeness (QED) is 0.271. The molecule has 2 aliphatic rings. The lowest BCUT2D eigenvalue weighted by Crippen LogP contribution is -2.68. The van der Waals surface area contributed by atoms with Gasteiger partial charge in [0.2, 0.25) is 5.91 Å². The normalized spacial score (nSPS) is 20.6. The molecule has 13 heteroatoms. The van der Waals surface area contributed by atoms with Crippen molar-refractivity contribution in [2.45, 2.75) is 23.0 Å². The van der Waals surface area contributed by atoms with Gasteiger partial charge in [-0.2, -0.15) is 21.6 Å². The summed E-state index contributed by atoms with van der Waals surface area (Å²) in [5, 5.41) is -0.775. The third-order valence-corrected chi connectivity index (χ3v) is 7.35. The van der Waals surface area contributed by atoms with Crippen LogP contribution in [0.3, 0.4) is 0 Å². The highest BCUT2D eigenvalue weighted by Gasteiger charge is 2.55. The standard InChI is InChI=1S/C21H17F3N2O6S2/c22-21(23,24)34(29,30)32-14-11-33-19-15(25)18(27)26(19)16(14)20(28)31-17(12-7-3-1-4-8-12)13-9-5-2-6-10-13/h1-10,15,17,19H,11,25H2/t15?,19-/m0/s1. The second kappa shape index (κ2) is 8.96. The van der Waals surface area contributed by atoms with Gasteiger partial charge in [-0.25, -0.2) is 4.79 Å². The van der Waals surface area contributed by atoms with E-state index < -0.39 is 62.2 Å². The predicted octanol–water partition coefficient (Wildman–Crippen LogP) is 2.64. The van der Waals surface area contributed by atoms with E-state index in [1.54, 1.807) is 60.7 Å². The highest BCUT2D eigenvalue weighted by molar-refractivity contribution is 8.00. The van der Waals surface area contributed by atoms with Gasteiger partial charge in [0, 0.05) is 0 Å². The smallest absolute Gasteiger partial charge is 0.448 e. The lowest BCUT2D eigenvalue weighted by molar-refractivity contribution is -0.153. The van der Waals surface area contributed by atoms with Gasteiger partial charge >= 0.3 is 21.6 Å². The topological polar surface area (TPSA) is 116 Å². The molecule has 180 valence electrons. The van der Waals surface area contributed by atoms with E-state index in [1.165, 1.54) is 0 Å². The highest BCUT2D eigenvalue weighted by atomic mass is 32.2. The zero-order chi connectivity index (χ0) is 24.7. The monoisotopic (exact) mass is 514 g/mol. The summed E-state index contributed by atoms with van der Waals surface area (Å²) in [5.41, 5.74) is 0.369. The van der Waals surface area contributed by atoms with E-state index >= 15 is 0 Å². The van der Waals surface area contributed by atoms with Crippen molar-refractivity contribution in [2.24, 2.45) is 5.73 Å². The first-order chi connectivity index (χ1) is 16.0. The number of ether oxygens (including phenoxy) is 1. The number of nitrogens with zero attached hydrogens (tertiary/aromatic N) is 1. The molecule has 0 aromatic heterocycles. The number of hydrogen-bond acceptors (Lipinski definition) is 8. The third-order valence-electron chi connectivity index (χ3n) is 5.09. The minimum atomic E-state index is -6.09. The number of carbonyl (C=O) groups is 2. The largest absolute Gasteiger partial charge is 0.534 e. The SMILES string of the molecule is NC1C(=O)N2C(C(=O)OC(c3ccccc3)c3ccccc3)=C(OS(=O)(=O)C(F)(F)F)CS[C@@H]12. The molecule has 2 aromatic rings. The number of amides is 1. The molecule has 2 atom stereocenters. The number of fused-ring (bicyclic) bond motifs is 1. The molecular weight excluding hydrogens is 497 g/mol. The zero-order valence-electron chi connectivity index (χ0n) is 17.1. The molecule has 34 heavy (non-hydrogen) atoms. The molecule has 0 bridgehead atoms. The Morgan fingerprint density at radius 3 is 2.09 bits per heavy atom. The van der Waals surface area contributed by atoms with Crippen LogP contribution in [0.15, 0.2) is 72.1 Å². The zero-order valence-corrected chi connectivity index (χ0v) is 18.8. The summed E-state index contributed by atoms with van der Waals surface area (Å²) in [4.78, 5) is 26.4. The molecule has 0 saturated carbocycles. The van der Waals surface area contributed by atoms with Crippen LogP contribution in [0.5, 0.6) is 0 Å². The van der Waals surface area contributed by atoms with E-state index in [4.69, 9.17) is 10.5 Å². The number of alkyl halides is 3. The lowest BCUT2D eigenvalue weighted by atomic mass is 10.0. The second-order valence-electron chi connectivity index (χ2n) is 7.30. The Morgan fingerprint density at radius 2 is 1.59 bits per heavy atom. The highest BCUT2D eigenvalue weighted by Crippen LogP contribution is 2.42. The van der Waals surface area contributed by atoms with Gasteiger partial charge in [-0.1, -0.05) is 60.7 Å². The Kier molecular flexibility index (Phi) is 6.36. The Balaban J connectivity index is 1.75. The van der Waals surface area contributed by atoms with E-state index in [0.29, 0.717) is 11.1 Å². The van der Waals surface area contributed by atoms with Crippen molar-refractivity contribution < 1.29 is 40.1 Å². The van der Waals surface area contributed by atoms with Gasteiger partial charge in [0.05, 0.1) is 5.75 Å². The first-order valence-electron chi connectivity index (χ1n) is 9.76. The Labute approximate surface area is 196 Å². The maximum atomic E-state index is 13.3. The maximum absolute atomic E-state index is 13.3. The maximum Gasteiger partial charge on any atom is 0.534 e. The van der Waals surface area contributed by atoms with Crippen molar-refractivity contribution in [1.29, 1.82) is 0 Å². The number of esters is 1. The molecule has 2 heterocycles. The molecule has 1 fully saturated rings. The minimum Gasteiger partial charge on any atom is -0.448 e. The Morgan fingerprint density at radius 1 is 1.06 bits per heavy atom. The average molecular weight is 515 g/mol. The number of β-lactam (4-membered cyclic amide) rings is 1. The van der Waals surface area contributed by atoms with Crippen LogP contribution in [0.1, 0.15) is 17.2 Å². The average Bonchev–Trinajstić information content (AvgIpc) is 2.81. The Bertz CT molecular complexity index is 1200. The van der Waals surface area contributed by atoms with Crippen molar-refractivity contribution in [3.8, 4) is 0 Å². The molecule has 0 aliphatic carbocycles. The van der Waals surface area contributed by atoms with Crippen LogP contribution in [-0.2, 0) is 28.6 Å². The molecule has 1 saturated heterocycles. The molecule has 1 unspecified atom stereocenters. The fourth-order valence-corrected chi connectivity index (χ4v) is 5.24. The summed E-state index contributed by atoms with van der Waals surface area (Å²) in [5.74, 6) is -3.30. The molecule has 0 spiro atoms. The van der Waals surface area contributed by atoms with Gasteiger partial charge < -0.3 is 14.7 Å². The molecule has 2 N–H and O–H groups in total. The van der Waals surface area contributed by atoms with Crippen molar-refractivity contribution in [2.75, 3.05) is 5.75 Å². The first kappa shape index (κ1) is 24.1.